The summed E-state index contributed by atoms with van der Waals surface area (Å²) in [5, 5.41) is 16.4. The Hall–Kier alpha value is -0.820. The Morgan fingerprint density at radius 3 is 2.85 bits per heavy atom. The predicted octanol–water partition coefficient (Wildman–Crippen LogP) is 2.02. The number of nitrogens with one attached hydrogen (secondary N) is 2. The average molecular weight is 320 g/mol. The van der Waals surface area contributed by atoms with Gasteiger partial charge in [-0.05, 0) is 26.0 Å². The molecule has 20 heavy (non-hydrogen) atoms. The zero-order valence-corrected chi connectivity index (χ0v) is 13.6. The van der Waals surface area contributed by atoms with Gasteiger partial charge in [0, 0.05) is 24.6 Å². The van der Waals surface area contributed by atoms with Crippen LogP contribution in [0.3, 0.4) is 0 Å². The number of hydrogen-bond acceptors (Lipinski definition) is 4. The molecule has 0 radical (unpaired) electrons. The van der Waals surface area contributed by atoms with E-state index in [0.29, 0.717) is 16.9 Å². The number of thiophene rings is 1. The number of halogens is 1. The van der Waals surface area contributed by atoms with Gasteiger partial charge in [-0.1, -0.05) is 11.6 Å². The minimum absolute atomic E-state index is 0.145. The average Bonchev–Trinajstić information content (AvgIpc) is 2.83. The summed E-state index contributed by atoms with van der Waals surface area (Å²) in [4.78, 5) is 5.19. The van der Waals surface area contributed by atoms with E-state index in [0.717, 1.165) is 11.4 Å². The van der Waals surface area contributed by atoms with Crippen LogP contribution < -0.4 is 10.6 Å². The molecule has 0 fully saturated rings. The molecule has 0 aromatic carbocycles. The van der Waals surface area contributed by atoms with Crippen LogP contribution in [0.15, 0.2) is 17.1 Å². The van der Waals surface area contributed by atoms with E-state index < -0.39 is 6.10 Å². The fraction of sp³-hybridized carbons (Fsp3) is 0.615. The summed E-state index contributed by atoms with van der Waals surface area (Å²) in [6.45, 7) is 5.63. The van der Waals surface area contributed by atoms with E-state index in [2.05, 4.69) is 15.6 Å². The largest absolute Gasteiger partial charge is 0.386 e. The topological polar surface area (TPSA) is 65.9 Å². The molecule has 0 bridgehead atoms. The third-order valence-corrected chi connectivity index (χ3v) is 3.82. The maximum Gasteiger partial charge on any atom is 0.191 e. The molecule has 1 aromatic rings. The first-order valence-corrected chi connectivity index (χ1v) is 7.73. The van der Waals surface area contributed by atoms with Crippen LogP contribution in [0, 0.1) is 0 Å². The van der Waals surface area contributed by atoms with Crippen molar-refractivity contribution in [1.82, 2.24) is 10.6 Å². The van der Waals surface area contributed by atoms with Gasteiger partial charge in [0.05, 0.1) is 17.5 Å². The minimum Gasteiger partial charge on any atom is -0.386 e. The van der Waals surface area contributed by atoms with Crippen molar-refractivity contribution in [2.45, 2.75) is 26.0 Å². The van der Waals surface area contributed by atoms with Crippen LogP contribution in [0.2, 0.25) is 4.34 Å². The molecule has 1 heterocycles. The van der Waals surface area contributed by atoms with E-state index >= 15 is 0 Å². The number of guanidine groups is 1. The molecule has 0 aliphatic heterocycles. The molecule has 0 spiro atoms. The molecular formula is C13H22ClN3O2S. The fourth-order valence-corrected chi connectivity index (χ4v) is 2.66. The number of rotatable bonds is 7. The first-order chi connectivity index (χ1) is 9.56. The van der Waals surface area contributed by atoms with Crippen LogP contribution in [-0.2, 0) is 4.74 Å². The van der Waals surface area contributed by atoms with Crippen molar-refractivity contribution >= 4 is 28.9 Å². The Labute approximate surface area is 129 Å². The highest BCUT2D eigenvalue weighted by molar-refractivity contribution is 7.16. The quantitative estimate of drug-likeness (QED) is 0.531. The SMILES string of the molecule is CCNC(=NCC(O)c1ccc(Cl)s1)NC(C)COC. The van der Waals surface area contributed by atoms with Crippen molar-refractivity contribution in [2.24, 2.45) is 4.99 Å². The molecule has 0 saturated heterocycles. The predicted molar refractivity (Wildman–Crippen MR) is 84.7 cm³/mol. The van der Waals surface area contributed by atoms with E-state index in [1.54, 1.807) is 13.2 Å². The highest BCUT2D eigenvalue weighted by atomic mass is 35.5. The van der Waals surface area contributed by atoms with Crippen LogP contribution in [0.25, 0.3) is 0 Å². The standard InChI is InChI=1S/C13H22ClN3O2S/c1-4-15-13(17-9(2)8-19-3)16-7-10(18)11-5-6-12(14)20-11/h5-6,9-10,18H,4,7-8H2,1-3H3,(H2,15,16,17). The van der Waals surface area contributed by atoms with E-state index in [-0.39, 0.29) is 12.6 Å². The maximum atomic E-state index is 10.1. The lowest BCUT2D eigenvalue weighted by atomic mass is 10.3. The smallest absolute Gasteiger partial charge is 0.191 e. The van der Waals surface area contributed by atoms with Gasteiger partial charge >= 0.3 is 0 Å². The first-order valence-electron chi connectivity index (χ1n) is 6.53. The lowest BCUT2D eigenvalue weighted by molar-refractivity contribution is 0.178. The van der Waals surface area contributed by atoms with Crippen LogP contribution in [0.1, 0.15) is 24.8 Å². The van der Waals surface area contributed by atoms with Crippen molar-refractivity contribution < 1.29 is 9.84 Å². The van der Waals surface area contributed by atoms with E-state index in [1.807, 2.05) is 19.9 Å². The summed E-state index contributed by atoms with van der Waals surface area (Å²) in [5.74, 6) is 0.666. The first kappa shape index (κ1) is 17.2. The van der Waals surface area contributed by atoms with Crippen molar-refractivity contribution in [3.63, 3.8) is 0 Å². The maximum absolute atomic E-state index is 10.1. The highest BCUT2D eigenvalue weighted by Gasteiger charge is 2.11. The Kier molecular flexibility index (Phi) is 7.91. The lowest BCUT2D eigenvalue weighted by Crippen LogP contribution is -2.44. The summed E-state index contributed by atoms with van der Waals surface area (Å²) >= 11 is 7.22. The van der Waals surface area contributed by atoms with Gasteiger partial charge in [0.2, 0.25) is 0 Å². The second-order valence-electron chi connectivity index (χ2n) is 4.38. The zero-order chi connectivity index (χ0) is 15.0. The number of methoxy groups -OCH3 is 1. The Morgan fingerprint density at radius 2 is 2.30 bits per heavy atom. The molecule has 1 rings (SSSR count). The van der Waals surface area contributed by atoms with E-state index in [4.69, 9.17) is 16.3 Å². The molecule has 5 nitrogen and oxygen atoms in total. The minimum atomic E-state index is -0.638. The summed E-state index contributed by atoms with van der Waals surface area (Å²) in [5.41, 5.74) is 0. The molecule has 2 unspecified atom stereocenters. The molecule has 114 valence electrons. The molecule has 0 amide bonds. The van der Waals surface area contributed by atoms with Crippen molar-refractivity contribution in [3.8, 4) is 0 Å². The normalized spacial score (nSPS) is 14.9. The van der Waals surface area contributed by atoms with E-state index in [1.165, 1.54) is 11.3 Å². The van der Waals surface area contributed by atoms with Crippen LogP contribution in [-0.4, -0.2) is 43.9 Å². The van der Waals surface area contributed by atoms with Gasteiger partial charge in [-0.3, -0.25) is 4.99 Å². The number of aliphatic imine (C=N–C) groups is 1. The van der Waals surface area contributed by atoms with E-state index in [9.17, 15) is 5.11 Å². The molecular weight excluding hydrogens is 298 g/mol. The van der Waals surface area contributed by atoms with Crippen molar-refractivity contribution in [2.75, 3.05) is 26.8 Å². The zero-order valence-electron chi connectivity index (χ0n) is 12.0. The summed E-state index contributed by atoms with van der Waals surface area (Å²) in [6, 6.07) is 3.74. The van der Waals surface area contributed by atoms with Crippen LogP contribution in [0.5, 0.6) is 0 Å². The number of hydrogen-bond donors (Lipinski definition) is 3. The Bertz CT molecular complexity index is 426. The molecule has 7 heteroatoms. The van der Waals surface area contributed by atoms with Gasteiger partial charge in [-0.15, -0.1) is 11.3 Å². The highest BCUT2D eigenvalue weighted by Crippen LogP contribution is 2.26. The third-order valence-electron chi connectivity index (χ3n) is 2.49. The molecule has 1 aromatic heterocycles. The van der Waals surface area contributed by atoms with Crippen LogP contribution in [0.4, 0.5) is 0 Å². The lowest BCUT2D eigenvalue weighted by Gasteiger charge is -2.17. The second kappa shape index (κ2) is 9.18. The van der Waals surface area contributed by atoms with Gasteiger partial charge < -0.3 is 20.5 Å². The molecule has 3 N–H and O–H groups in total. The molecule has 0 aliphatic rings. The third kappa shape index (κ3) is 6.09. The number of aliphatic hydroxyl groups is 1. The molecule has 0 saturated carbocycles. The number of ether oxygens (including phenoxy) is 1. The van der Waals surface area contributed by atoms with Gasteiger partial charge in [0.15, 0.2) is 5.96 Å². The van der Waals surface area contributed by atoms with Crippen LogP contribution >= 0.6 is 22.9 Å². The summed E-state index contributed by atoms with van der Waals surface area (Å²) in [6.07, 6.45) is -0.638. The fourth-order valence-electron chi connectivity index (χ4n) is 1.62. The Morgan fingerprint density at radius 1 is 1.55 bits per heavy atom. The van der Waals surface area contributed by atoms with Gasteiger partial charge in [0.25, 0.3) is 0 Å². The Balaban J connectivity index is 2.57. The van der Waals surface area contributed by atoms with Crippen molar-refractivity contribution in [1.29, 1.82) is 0 Å². The molecule has 0 aliphatic carbocycles. The van der Waals surface area contributed by atoms with Gasteiger partial charge in [-0.2, -0.15) is 0 Å². The second-order valence-corrected chi connectivity index (χ2v) is 6.12. The van der Waals surface area contributed by atoms with Crippen molar-refractivity contribution in [3.05, 3.63) is 21.3 Å². The number of aliphatic hydroxyl groups excluding tert-OH is 1. The summed E-state index contributed by atoms with van der Waals surface area (Å²) < 4.78 is 5.74. The van der Waals surface area contributed by atoms with Gasteiger partial charge in [-0.25, -0.2) is 0 Å². The van der Waals surface area contributed by atoms with Gasteiger partial charge in [0.1, 0.15) is 6.10 Å². The molecule has 2 atom stereocenters. The monoisotopic (exact) mass is 319 g/mol. The number of nitrogens with zero attached hydrogens (tertiary/aromatic N) is 1. The summed E-state index contributed by atoms with van der Waals surface area (Å²) in [7, 11) is 1.66.